The minimum absolute atomic E-state index is 0.0582. The molecule has 0 unspecified atom stereocenters. The Morgan fingerprint density at radius 3 is 2.70 bits per heavy atom. The summed E-state index contributed by atoms with van der Waals surface area (Å²) in [6.07, 6.45) is 7.01. The van der Waals surface area contributed by atoms with Crippen molar-refractivity contribution >= 4 is 11.8 Å². The number of hydrogen-bond acceptors (Lipinski definition) is 4. The molecule has 0 bridgehead atoms. The summed E-state index contributed by atoms with van der Waals surface area (Å²) in [6, 6.07) is 6.46. The Labute approximate surface area is 179 Å². The Balaban J connectivity index is 1.36. The average molecular weight is 411 g/mol. The van der Waals surface area contributed by atoms with Crippen LogP contribution in [0.15, 0.2) is 18.2 Å². The zero-order valence-electron chi connectivity index (χ0n) is 18.4. The number of aryl methyl sites for hydroxylation is 1. The van der Waals surface area contributed by atoms with Crippen molar-refractivity contribution < 1.29 is 14.3 Å². The Morgan fingerprint density at radius 1 is 1.13 bits per heavy atom. The van der Waals surface area contributed by atoms with Crippen LogP contribution in [-0.2, 0) is 16.0 Å². The standard InChI is InChI=1S/C25H34N2O3/c1-25-10-9-20-19-8-6-18(30-2)15-17(19)5-7-21(20)22(25)16-23(28)27(24(25)29)14-13-26-11-3-4-12-26/h6,8,15,20-22H,3-5,7,9-14,16H2,1-2H3/t20-,21-,22+,25+/m1/s1. The van der Waals surface area contributed by atoms with Gasteiger partial charge >= 0.3 is 0 Å². The molecule has 2 heterocycles. The fourth-order valence-corrected chi connectivity index (χ4v) is 6.84. The lowest BCUT2D eigenvalue weighted by Crippen LogP contribution is -2.60. The topological polar surface area (TPSA) is 49.9 Å². The molecular formula is C25H34N2O3. The maximum absolute atomic E-state index is 13.6. The third-order valence-corrected chi connectivity index (χ3v) is 8.59. The number of rotatable bonds is 4. The van der Waals surface area contributed by atoms with E-state index in [0.717, 1.165) is 51.1 Å². The maximum Gasteiger partial charge on any atom is 0.235 e. The summed E-state index contributed by atoms with van der Waals surface area (Å²) in [5, 5.41) is 0. The van der Waals surface area contributed by atoms with Crippen LogP contribution in [-0.4, -0.2) is 54.9 Å². The molecule has 3 fully saturated rings. The number of carbonyl (C=O) groups is 2. The van der Waals surface area contributed by atoms with Gasteiger partial charge in [0.05, 0.1) is 12.5 Å². The molecule has 2 aliphatic carbocycles. The Bertz CT molecular complexity index is 847. The van der Waals surface area contributed by atoms with Crippen LogP contribution in [0.2, 0.25) is 0 Å². The van der Waals surface area contributed by atoms with E-state index in [-0.39, 0.29) is 23.1 Å². The van der Waals surface area contributed by atoms with Crippen molar-refractivity contribution in [1.82, 2.24) is 9.80 Å². The summed E-state index contributed by atoms with van der Waals surface area (Å²) < 4.78 is 5.42. The molecule has 5 heteroatoms. The van der Waals surface area contributed by atoms with E-state index >= 15 is 0 Å². The second kappa shape index (κ2) is 7.67. The number of likely N-dealkylation sites (tertiary alicyclic amines) is 2. The summed E-state index contributed by atoms with van der Waals surface area (Å²) in [4.78, 5) is 30.6. The van der Waals surface area contributed by atoms with Crippen LogP contribution in [0.3, 0.4) is 0 Å². The van der Waals surface area contributed by atoms with Crippen LogP contribution in [0.4, 0.5) is 0 Å². The first-order valence-corrected chi connectivity index (χ1v) is 11.8. The number of ether oxygens (including phenoxy) is 1. The molecule has 0 N–H and O–H groups in total. The highest BCUT2D eigenvalue weighted by atomic mass is 16.5. The van der Waals surface area contributed by atoms with Crippen molar-refractivity contribution in [2.24, 2.45) is 17.3 Å². The van der Waals surface area contributed by atoms with E-state index in [0.29, 0.717) is 24.8 Å². The Morgan fingerprint density at radius 2 is 1.93 bits per heavy atom. The number of piperidine rings is 1. The number of methoxy groups -OCH3 is 1. The fraction of sp³-hybridized carbons (Fsp3) is 0.680. The molecule has 1 saturated carbocycles. The van der Waals surface area contributed by atoms with Gasteiger partial charge in [-0.3, -0.25) is 14.5 Å². The monoisotopic (exact) mass is 410 g/mol. The van der Waals surface area contributed by atoms with Gasteiger partial charge in [-0.05, 0) is 92.6 Å². The van der Waals surface area contributed by atoms with E-state index in [4.69, 9.17) is 4.74 Å². The van der Waals surface area contributed by atoms with E-state index in [1.165, 1.54) is 24.0 Å². The Hall–Kier alpha value is -1.88. The number of fused-ring (bicyclic) bond motifs is 5. The van der Waals surface area contributed by atoms with E-state index in [1.54, 1.807) is 12.0 Å². The quantitative estimate of drug-likeness (QED) is 0.712. The first kappa shape index (κ1) is 20.0. The maximum atomic E-state index is 13.6. The van der Waals surface area contributed by atoms with E-state index in [9.17, 15) is 9.59 Å². The van der Waals surface area contributed by atoms with Crippen molar-refractivity contribution in [2.75, 3.05) is 33.3 Å². The molecule has 0 spiro atoms. The van der Waals surface area contributed by atoms with Crippen molar-refractivity contribution in [3.63, 3.8) is 0 Å². The largest absolute Gasteiger partial charge is 0.497 e. The van der Waals surface area contributed by atoms with Gasteiger partial charge < -0.3 is 9.64 Å². The van der Waals surface area contributed by atoms with Gasteiger partial charge in [-0.2, -0.15) is 0 Å². The lowest BCUT2D eigenvalue weighted by Gasteiger charge is -2.54. The lowest BCUT2D eigenvalue weighted by atomic mass is 9.52. The van der Waals surface area contributed by atoms with E-state index in [1.807, 2.05) is 0 Å². The van der Waals surface area contributed by atoms with Crippen LogP contribution in [0.1, 0.15) is 62.5 Å². The zero-order chi connectivity index (χ0) is 20.9. The third-order valence-electron chi connectivity index (χ3n) is 8.59. The number of carbonyl (C=O) groups excluding carboxylic acids is 2. The number of benzene rings is 1. The molecule has 4 atom stereocenters. The minimum Gasteiger partial charge on any atom is -0.497 e. The normalized spacial score (nSPS) is 33.8. The van der Waals surface area contributed by atoms with Gasteiger partial charge in [0, 0.05) is 19.5 Å². The molecule has 1 aromatic carbocycles. The Kier molecular flexibility index (Phi) is 5.12. The van der Waals surface area contributed by atoms with Crippen LogP contribution in [0.25, 0.3) is 0 Å². The van der Waals surface area contributed by atoms with Gasteiger partial charge in [0.1, 0.15) is 5.75 Å². The molecule has 162 valence electrons. The highest BCUT2D eigenvalue weighted by Crippen LogP contribution is 2.58. The van der Waals surface area contributed by atoms with E-state index in [2.05, 4.69) is 30.0 Å². The third kappa shape index (κ3) is 3.17. The van der Waals surface area contributed by atoms with Crippen LogP contribution in [0, 0.1) is 17.3 Å². The number of nitrogens with zero attached hydrogens (tertiary/aromatic N) is 2. The average Bonchev–Trinajstić information content (AvgIpc) is 3.27. The molecule has 5 rings (SSSR count). The molecular weight excluding hydrogens is 376 g/mol. The minimum atomic E-state index is -0.385. The zero-order valence-corrected chi connectivity index (χ0v) is 18.4. The van der Waals surface area contributed by atoms with Gasteiger partial charge in [0.15, 0.2) is 0 Å². The SMILES string of the molecule is COc1ccc2c(c1)CC[C@@H]1[C@@H]2CC[C@]2(C)C(=O)N(CCN3CCCC3)C(=O)C[C@@H]12. The molecule has 2 amide bonds. The van der Waals surface area contributed by atoms with Crippen LogP contribution >= 0.6 is 0 Å². The van der Waals surface area contributed by atoms with Gasteiger partial charge in [0.2, 0.25) is 11.8 Å². The highest BCUT2D eigenvalue weighted by molar-refractivity contribution is 6.01. The molecule has 1 aromatic rings. The summed E-state index contributed by atoms with van der Waals surface area (Å²) in [7, 11) is 1.72. The predicted molar refractivity (Wildman–Crippen MR) is 115 cm³/mol. The molecule has 30 heavy (non-hydrogen) atoms. The number of imide groups is 1. The molecule has 4 aliphatic rings. The van der Waals surface area contributed by atoms with Crippen molar-refractivity contribution in [3.05, 3.63) is 29.3 Å². The second-order valence-corrected chi connectivity index (χ2v) is 10.0. The molecule has 5 nitrogen and oxygen atoms in total. The van der Waals surface area contributed by atoms with Crippen molar-refractivity contribution in [2.45, 2.75) is 57.8 Å². The summed E-state index contributed by atoms with van der Waals surface area (Å²) in [5.74, 6) is 2.15. The van der Waals surface area contributed by atoms with E-state index < -0.39 is 0 Å². The van der Waals surface area contributed by atoms with Crippen molar-refractivity contribution in [1.29, 1.82) is 0 Å². The van der Waals surface area contributed by atoms with Crippen molar-refractivity contribution in [3.8, 4) is 5.75 Å². The van der Waals surface area contributed by atoms with Gasteiger partial charge in [-0.25, -0.2) is 0 Å². The molecule has 2 aliphatic heterocycles. The van der Waals surface area contributed by atoms with Gasteiger partial charge in [-0.1, -0.05) is 13.0 Å². The van der Waals surface area contributed by atoms with Crippen LogP contribution < -0.4 is 4.74 Å². The predicted octanol–water partition coefficient (Wildman–Crippen LogP) is 3.61. The summed E-state index contributed by atoms with van der Waals surface area (Å²) in [5.41, 5.74) is 2.43. The molecule has 0 aromatic heterocycles. The molecule has 0 radical (unpaired) electrons. The smallest absolute Gasteiger partial charge is 0.235 e. The summed E-state index contributed by atoms with van der Waals surface area (Å²) in [6.45, 7) is 5.75. The van der Waals surface area contributed by atoms with Gasteiger partial charge in [-0.15, -0.1) is 0 Å². The lowest BCUT2D eigenvalue weighted by molar-refractivity contribution is -0.167. The fourth-order valence-electron chi connectivity index (χ4n) is 6.84. The van der Waals surface area contributed by atoms with Crippen LogP contribution in [0.5, 0.6) is 5.75 Å². The number of amides is 2. The molecule has 2 saturated heterocycles. The van der Waals surface area contributed by atoms with Gasteiger partial charge in [0.25, 0.3) is 0 Å². The summed E-state index contributed by atoms with van der Waals surface area (Å²) >= 11 is 0. The first-order chi connectivity index (χ1) is 14.5. The highest BCUT2D eigenvalue weighted by Gasteiger charge is 2.57. The number of hydrogen-bond donors (Lipinski definition) is 0. The second-order valence-electron chi connectivity index (χ2n) is 10.0. The first-order valence-electron chi connectivity index (χ1n) is 11.8.